The Hall–Kier alpha value is -1.87. The van der Waals surface area contributed by atoms with Gasteiger partial charge in [-0.25, -0.2) is 4.39 Å². The zero-order valence-corrected chi connectivity index (χ0v) is 12.4. The number of para-hydroxylation sites is 1. The number of rotatable bonds is 2. The van der Waals surface area contributed by atoms with Gasteiger partial charge in [-0.15, -0.1) is 0 Å². The Kier molecular flexibility index (Phi) is 3.68. The van der Waals surface area contributed by atoms with Crippen LogP contribution in [0.4, 0.5) is 15.8 Å². The quantitative estimate of drug-likeness (QED) is 0.890. The lowest BCUT2D eigenvalue weighted by atomic mass is 9.98. The Bertz CT molecular complexity index is 666. The number of anilines is 2. The molecule has 110 valence electrons. The van der Waals surface area contributed by atoms with E-state index < -0.39 is 6.10 Å². The van der Waals surface area contributed by atoms with Crippen LogP contribution >= 0.6 is 0 Å². The highest BCUT2D eigenvalue weighted by molar-refractivity contribution is 5.71. The van der Waals surface area contributed by atoms with Crippen LogP contribution < -0.4 is 4.90 Å². The molecule has 0 aromatic heterocycles. The van der Waals surface area contributed by atoms with Crippen LogP contribution in [0.1, 0.15) is 36.1 Å². The molecule has 0 amide bonds. The van der Waals surface area contributed by atoms with Crippen LogP contribution in [-0.4, -0.2) is 11.7 Å². The first-order chi connectivity index (χ1) is 10.1. The molecule has 0 aliphatic carbocycles. The van der Waals surface area contributed by atoms with Crippen LogP contribution in [0, 0.1) is 12.7 Å². The van der Waals surface area contributed by atoms with E-state index in [1.807, 2.05) is 18.2 Å². The lowest BCUT2D eigenvalue weighted by Crippen LogP contribution is -2.26. The molecule has 0 spiro atoms. The van der Waals surface area contributed by atoms with Gasteiger partial charge in [0.25, 0.3) is 0 Å². The summed E-state index contributed by atoms with van der Waals surface area (Å²) in [6, 6.07) is 11.6. The number of aryl methyl sites for hydroxylation is 2. The molecule has 1 N–H and O–H groups in total. The molecular formula is C18H20FNO. The molecule has 1 aliphatic heterocycles. The minimum Gasteiger partial charge on any atom is -0.389 e. The van der Waals surface area contributed by atoms with Gasteiger partial charge in [-0.05, 0) is 56.0 Å². The van der Waals surface area contributed by atoms with Gasteiger partial charge in [0.05, 0.1) is 6.10 Å². The number of halogens is 1. The lowest BCUT2D eigenvalue weighted by molar-refractivity contribution is 0.199. The van der Waals surface area contributed by atoms with Crippen molar-refractivity contribution in [3.8, 4) is 0 Å². The van der Waals surface area contributed by atoms with E-state index in [1.54, 1.807) is 13.8 Å². The first-order valence-electron chi connectivity index (χ1n) is 7.41. The third-order valence-electron chi connectivity index (χ3n) is 4.16. The third-order valence-corrected chi connectivity index (χ3v) is 4.16. The van der Waals surface area contributed by atoms with Gasteiger partial charge in [0.2, 0.25) is 0 Å². The molecule has 2 aromatic rings. The third kappa shape index (κ3) is 2.54. The van der Waals surface area contributed by atoms with Gasteiger partial charge in [-0.1, -0.05) is 18.2 Å². The van der Waals surface area contributed by atoms with Gasteiger partial charge < -0.3 is 10.0 Å². The van der Waals surface area contributed by atoms with Crippen molar-refractivity contribution in [2.24, 2.45) is 0 Å². The topological polar surface area (TPSA) is 23.5 Å². The Balaban J connectivity index is 2.15. The molecule has 0 radical (unpaired) electrons. The van der Waals surface area contributed by atoms with Crippen molar-refractivity contribution in [1.82, 2.24) is 0 Å². The fourth-order valence-corrected chi connectivity index (χ4v) is 3.03. The Morgan fingerprint density at radius 1 is 1.19 bits per heavy atom. The second-order valence-corrected chi connectivity index (χ2v) is 5.72. The highest BCUT2D eigenvalue weighted by Crippen LogP contribution is 2.38. The average Bonchev–Trinajstić information content (AvgIpc) is 2.49. The Morgan fingerprint density at radius 3 is 2.71 bits per heavy atom. The highest BCUT2D eigenvalue weighted by atomic mass is 19.1. The molecule has 0 unspecified atom stereocenters. The molecule has 2 nitrogen and oxygen atoms in total. The van der Waals surface area contributed by atoms with Gasteiger partial charge in [0, 0.05) is 23.5 Å². The molecular weight excluding hydrogens is 265 g/mol. The minimum atomic E-state index is -0.691. The number of benzene rings is 2. The molecule has 0 bridgehead atoms. The van der Waals surface area contributed by atoms with Crippen molar-refractivity contribution in [2.45, 2.75) is 32.8 Å². The zero-order chi connectivity index (χ0) is 15.0. The van der Waals surface area contributed by atoms with Gasteiger partial charge in [0.1, 0.15) is 5.82 Å². The molecule has 0 saturated heterocycles. The van der Waals surface area contributed by atoms with E-state index in [-0.39, 0.29) is 5.82 Å². The minimum absolute atomic E-state index is 0.264. The number of fused-ring (bicyclic) bond motifs is 1. The van der Waals surface area contributed by atoms with E-state index in [4.69, 9.17) is 0 Å². The molecule has 21 heavy (non-hydrogen) atoms. The van der Waals surface area contributed by atoms with Gasteiger partial charge in [-0.3, -0.25) is 0 Å². The fourth-order valence-electron chi connectivity index (χ4n) is 3.03. The predicted molar refractivity (Wildman–Crippen MR) is 83.5 cm³/mol. The Morgan fingerprint density at radius 2 is 1.95 bits per heavy atom. The molecule has 2 aromatic carbocycles. The monoisotopic (exact) mass is 285 g/mol. The number of aliphatic hydroxyl groups excluding tert-OH is 1. The summed E-state index contributed by atoms with van der Waals surface area (Å²) in [4.78, 5) is 2.20. The normalized spacial score (nSPS) is 15.7. The van der Waals surface area contributed by atoms with Crippen LogP contribution in [0.3, 0.4) is 0 Å². The van der Waals surface area contributed by atoms with Crippen molar-refractivity contribution < 1.29 is 9.50 Å². The summed E-state index contributed by atoms with van der Waals surface area (Å²) in [5, 5.41) is 10.0. The van der Waals surface area contributed by atoms with Crippen molar-refractivity contribution in [2.75, 3.05) is 11.4 Å². The van der Waals surface area contributed by atoms with Crippen molar-refractivity contribution >= 4 is 11.4 Å². The van der Waals surface area contributed by atoms with Crippen LogP contribution in [0.5, 0.6) is 0 Å². The molecule has 3 heteroatoms. The van der Waals surface area contributed by atoms with Crippen molar-refractivity contribution in [1.29, 1.82) is 0 Å². The largest absolute Gasteiger partial charge is 0.389 e. The molecule has 1 aliphatic rings. The summed E-state index contributed by atoms with van der Waals surface area (Å²) in [6.45, 7) is 4.34. The second-order valence-electron chi connectivity index (χ2n) is 5.72. The predicted octanol–water partition coefficient (Wildman–Crippen LogP) is 4.27. The first kappa shape index (κ1) is 14.1. The van der Waals surface area contributed by atoms with E-state index in [0.717, 1.165) is 30.8 Å². The summed E-state index contributed by atoms with van der Waals surface area (Å²) in [7, 11) is 0. The van der Waals surface area contributed by atoms with E-state index in [2.05, 4.69) is 17.0 Å². The summed E-state index contributed by atoms with van der Waals surface area (Å²) >= 11 is 0. The van der Waals surface area contributed by atoms with Gasteiger partial charge >= 0.3 is 0 Å². The molecule has 1 heterocycles. The molecule has 1 atom stereocenters. The molecule has 0 fully saturated rings. The molecule has 3 rings (SSSR count). The second kappa shape index (κ2) is 5.49. The zero-order valence-electron chi connectivity index (χ0n) is 12.4. The van der Waals surface area contributed by atoms with E-state index in [0.29, 0.717) is 11.1 Å². The maximum Gasteiger partial charge on any atom is 0.126 e. The van der Waals surface area contributed by atoms with E-state index in [1.165, 1.54) is 11.6 Å². The van der Waals surface area contributed by atoms with Crippen LogP contribution in [-0.2, 0) is 6.42 Å². The van der Waals surface area contributed by atoms with Crippen molar-refractivity contribution in [3.05, 3.63) is 58.9 Å². The number of hydrogen-bond donors (Lipinski definition) is 1. The Labute approximate surface area is 124 Å². The SMILES string of the molecule is Cc1cc(N2CCCc3ccccc32)c([C@@H](C)O)cc1F. The smallest absolute Gasteiger partial charge is 0.126 e. The number of hydrogen-bond acceptors (Lipinski definition) is 2. The van der Waals surface area contributed by atoms with Gasteiger partial charge in [-0.2, -0.15) is 0 Å². The maximum atomic E-state index is 13.9. The van der Waals surface area contributed by atoms with Crippen LogP contribution in [0.15, 0.2) is 36.4 Å². The maximum absolute atomic E-state index is 13.9. The van der Waals surface area contributed by atoms with Crippen LogP contribution in [0.25, 0.3) is 0 Å². The summed E-state index contributed by atoms with van der Waals surface area (Å²) in [5.41, 5.74) is 4.64. The van der Waals surface area contributed by atoms with E-state index >= 15 is 0 Å². The highest BCUT2D eigenvalue weighted by Gasteiger charge is 2.22. The number of aliphatic hydroxyl groups is 1. The fraction of sp³-hybridized carbons (Fsp3) is 0.333. The van der Waals surface area contributed by atoms with Crippen LogP contribution in [0.2, 0.25) is 0 Å². The molecule has 0 saturated carbocycles. The average molecular weight is 285 g/mol. The summed E-state index contributed by atoms with van der Waals surface area (Å²) < 4.78 is 13.9. The van der Waals surface area contributed by atoms with Crippen molar-refractivity contribution in [3.63, 3.8) is 0 Å². The van der Waals surface area contributed by atoms with E-state index in [9.17, 15) is 9.50 Å². The summed E-state index contributed by atoms with van der Waals surface area (Å²) in [6.07, 6.45) is 1.44. The standard InChI is InChI=1S/C18H20FNO/c1-12-10-18(15(13(2)21)11-16(12)19)20-9-5-7-14-6-3-4-8-17(14)20/h3-4,6,8,10-11,13,21H,5,7,9H2,1-2H3/t13-/m1/s1. The van der Waals surface area contributed by atoms with Gasteiger partial charge in [0.15, 0.2) is 0 Å². The number of nitrogens with zero attached hydrogens (tertiary/aromatic N) is 1. The summed E-state index contributed by atoms with van der Waals surface area (Å²) in [5.74, 6) is -0.264. The lowest BCUT2D eigenvalue weighted by Gasteiger charge is -2.33. The first-order valence-corrected chi connectivity index (χ1v) is 7.41.